The molecule has 0 heterocycles. The maximum Gasteiger partial charge on any atom is 0.344 e. The number of ether oxygens (including phenoxy) is 2. The minimum atomic E-state index is -0.649. The van der Waals surface area contributed by atoms with E-state index >= 15 is 0 Å². The maximum absolute atomic E-state index is 12.1. The molecule has 27 heavy (non-hydrogen) atoms. The first-order chi connectivity index (χ1) is 13.1. The highest BCUT2D eigenvalue weighted by molar-refractivity contribution is 5.94. The van der Waals surface area contributed by atoms with Crippen LogP contribution in [-0.2, 0) is 27.2 Å². The number of hydrogen-bond acceptors (Lipinski definition) is 5. The molecule has 0 aliphatic rings. The Morgan fingerprint density at radius 1 is 0.963 bits per heavy atom. The third-order valence-electron chi connectivity index (χ3n) is 4.00. The molecule has 6 heteroatoms. The molecular weight excluding hydrogens is 346 g/mol. The summed E-state index contributed by atoms with van der Waals surface area (Å²) in [5.41, 5.74) is 3.38. The van der Waals surface area contributed by atoms with Gasteiger partial charge in [0, 0.05) is 11.3 Å². The first-order valence-corrected chi connectivity index (χ1v) is 8.81. The number of carbonyl (C=O) groups is 3. The van der Waals surface area contributed by atoms with Crippen molar-refractivity contribution in [3.63, 3.8) is 0 Å². The zero-order chi connectivity index (χ0) is 19.6. The molecule has 0 aliphatic heterocycles. The van der Waals surface area contributed by atoms with E-state index < -0.39 is 11.9 Å². The average molecular weight is 369 g/mol. The molecule has 0 aromatic heterocycles. The second-order valence-corrected chi connectivity index (χ2v) is 5.84. The lowest BCUT2D eigenvalue weighted by molar-refractivity contribution is -0.149. The van der Waals surface area contributed by atoms with Crippen LogP contribution in [0.15, 0.2) is 42.5 Å². The van der Waals surface area contributed by atoms with Crippen molar-refractivity contribution in [2.45, 2.75) is 26.7 Å². The fraction of sp³-hybridized carbons (Fsp3) is 0.286. The number of aryl methyl sites for hydroxylation is 2. The summed E-state index contributed by atoms with van der Waals surface area (Å²) >= 11 is 0. The van der Waals surface area contributed by atoms with Gasteiger partial charge in [0.2, 0.25) is 0 Å². The van der Waals surface area contributed by atoms with Gasteiger partial charge in [-0.15, -0.1) is 0 Å². The van der Waals surface area contributed by atoms with Gasteiger partial charge in [-0.2, -0.15) is 0 Å². The average Bonchev–Trinajstić information content (AvgIpc) is 2.71. The van der Waals surface area contributed by atoms with E-state index in [1.54, 1.807) is 24.3 Å². The molecule has 0 unspecified atom stereocenters. The predicted octanol–water partition coefficient (Wildman–Crippen LogP) is 3.18. The minimum absolute atomic E-state index is 0.320. The van der Waals surface area contributed by atoms with Gasteiger partial charge in [-0.05, 0) is 48.2 Å². The normalized spacial score (nSPS) is 10.1. The zero-order valence-electron chi connectivity index (χ0n) is 15.5. The molecule has 2 aromatic carbocycles. The van der Waals surface area contributed by atoms with E-state index in [0.29, 0.717) is 11.3 Å². The van der Waals surface area contributed by atoms with Crippen LogP contribution in [0.1, 0.15) is 35.3 Å². The van der Waals surface area contributed by atoms with E-state index in [0.717, 1.165) is 35.9 Å². The number of benzene rings is 2. The summed E-state index contributed by atoms with van der Waals surface area (Å²) in [4.78, 5) is 34.5. The van der Waals surface area contributed by atoms with Gasteiger partial charge in [-0.3, -0.25) is 9.59 Å². The number of esters is 1. The number of para-hydroxylation sites is 1. The Kier molecular flexibility index (Phi) is 7.55. The molecule has 1 N–H and O–H groups in total. The van der Waals surface area contributed by atoms with Gasteiger partial charge in [0.1, 0.15) is 12.0 Å². The molecule has 0 radical (unpaired) electrons. The fourth-order valence-electron chi connectivity index (χ4n) is 2.55. The van der Waals surface area contributed by atoms with Crippen molar-refractivity contribution >= 4 is 23.9 Å². The van der Waals surface area contributed by atoms with Crippen LogP contribution in [0.5, 0.6) is 5.75 Å². The third kappa shape index (κ3) is 5.95. The molecule has 0 saturated carbocycles. The Labute approximate surface area is 158 Å². The van der Waals surface area contributed by atoms with Gasteiger partial charge >= 0.3 is 5.97 Å². The molecule has 0 spiro atoms. The van der Waals surface area contributed by atoms with Crippen molar-refractivity contribution in [2.75, 3.05) is 18.5 Å². The van der Waals surface area contributed by atoms with Crippen molar-refractivity contribution in [3.8, 4) is 5.75 Å². The topological polar surface area (TPSA) is 81.7 Å². The highest BCUT2D eigenvalue weighted by Gasteiger charge is 2.12. The smallest absolute Gasteiger partial charge is 0.344 e. The molecule has 0 saturated heterocycles. The number of anilines is 1. The van der Waals surface area contributed by atoms with E-state index in [-0.39, 0.29) is 13.2 Å². The lowest BCUT2D eigenvalue weighted by atomic mass is 10.0. The molecule has 0 atom stereocenters. The standard InChI is InChI=1S/C21H23NO5/c1-3-16-6-5-7-17(4-2)21(16)22-19(24)13-27-20(25)14-26-18-10-8-15(12-23)9-11-18/h5-12H,3-4,13-14H2,1-2H3,(H,22,24). The molecule has 0 bridgehead atoms. The summed E-state index contributed by atoms with van der Waals surface area (Å²) in [7, 11) is 0. The number of carbonyl (C=O) groups excluding carboxylic acids is 3. The quantitative estimate of drug-likeness (QED) is 0.542. The maximum atomic E-state index is 12.1. The van der Waals surface area contributed by atoms with Gasteiger partial charge in [-0.25, -0.2) is 4.79 Å². The first-order valence-electron chi connectivity index (χ1n) is 8.81. The molecule has 6 nitrogen and oxygen atoms in total. The molecule has 0 aliphatic carbocycles. The number of nitrogens with one attached hydrogen (secondary N) is 1. The largest absolute Gasteiger partial charge is 0.482 e. The highest BCUT2D eigenvalue weighted by atomic mass is 16.6. The van der Waals surface area contributed by atoms with Crippen molar-refractivity contribution in [2.24, 2.45) is 0 Å². The van der Waals surface area contributed by atoms with Crippen molar-refractivity contribution in [1.29, 1.82) is 0 Å². The fourth-order valence-corrected chi connectivity index (χ4v) is 2.55. The van der Waals surface area contributed by atoms with Crippen LogP contribution in [0.3, 0.4) is 0 Å². The monoisotopic (exact) mass is 369 g/mol. The second kappa shape index (κ2) is 10.1. The Hall–Kier alpha value is -3.15. The summed E-state index contributed by atoms with van der Waals surface area (Å²) in [5, 5.41) is 2.83. The van der Waals surface area contributed by atoms with Gasteiger partial charge in [0.05, 0.1) is 0 Å². The molecule has 142 valence electrons. The molecule has 0 fully saturated rings. The van der Waals surface area contributed by atoms with Gasteiger partial charge in [0.15, 0.2) is 13.2 Å². The predicted molar refractivity (Wildman–Crippen MR) is 102 cm³/mol. The lowest BCUT2D eigenvalue weighted by Crippen LogP contribution is -2.24. The Balaban J connectivity index is 1.83. The highest BCUT2D eigenvalue weighted by Crippen LogP contribution is 2.22. The summed E-state index contributed by atoms with van der Waals surface area (Å²) in [5.74, 6) is -0.607. The van der Waals surface area contributed by atoms with Gasteiger partial charge in [-0.1, -0.05) is 32.0 Å². The summed E-state index contributed by atoms with van der Waals surface area (Å²) < 4.78 is 10.2. The first kappa shape index (κ1) is 20.2. The van der Waals surface area contributed by atoms with Crippen LogP contribution >= 0.6 is 0 Å². The Morgan fingerprint density at radius 3 is 2.15 bits per heavy atom. The molecule has 2 rings (SSSR count). The van der Waals surface area contributed by atoms with Crippen LogP contribution in [0.2, 0.25) is 0 Å². The Morgan fingerprint density at radius 2 is 1.59 bits per heavy atom. The Bertz CT molecular complexity index is 776. The number of aldehydes is 1. The lowest BCUT2D eigenvalue weighted by Gasteiger charge is -2.14. The SMILES string of the molecule is CCc1cccc(CC)c1NC(=O)COC(=O)COc1ccc(C=O)cc1. The van der Waals surface area contributed by atoms with E-state index in [9.17, 15) is 14.4 Å². The zero-order valence-corrected chi connectivity index (χ0v) is 15.5. The third-order valence-corrected chi connectivity index (χ3v) is 4.00. The van der Waals surface area contributed by atoms with Crippen molar-refractivity contribution in [3.05, 3.63) is 59.2 Å². The number of amides is 1. The van der Waals surface area contributed by atoms with Gasteiger partial charge < -0.3 is 14.8 Å². The molecule has 2 aromatic rings. The van der Waals surface area contributed by atoms with E-state index in [4.69, 9.17) is 9.47 Å². The van der Waals surface area contributed by atoms with Crippen molar-refractivity contribution < 1.29 is 23.9 Å². The van der Waals surface area contributed by atoms with E-state index in [1.165, 1.54) is 0 Å². The van der Waals surface area contributed by atoms with E-state index in [2.05, 4.69) is 5.32 Å². The van der Waals surface area contributed by atoms with Crippen LogP contribution in [-0.4, -0.2) is 31.4 Å². The molecule has 1 amide bonds. The molecular formula is C21H23NO5. The second-order valence-electron chi connectivity index (χ2n) is 5.84. The number of rotatable bonds is 9. The van der Waals surface area contributed by atoms with Crippen LogP contribution in [0.25, 0.3) is 0 Å². The van der Waals surface area contributed by atoms with Crippen LogP contribution < -0.4 is 10.1 Å². The number of hydrogen-bond donors (Lipinski definition) is 1. The van der Waals surface area contributed by atoms with Gasteiger partial charge in [0.25, 0.3) is 5.91 Å². The van der Waals surface area contributed by atoms with E-state index in [1.807, 2.05) is 32.0 Å². The summed E-state index contributed by atoms with van der Waals surface area (Å²) in [6, 6.07) is 12.2. The summed E-state index contributed by atoms with van der Waals surface area (Å²) in [6.45, 7) is 3.33. The van der Waals surface area contributed by atoms with Crippen LogP contribution in [0, 0.1) is 0 Å². The van der Waals surface area contributed by atoms with Crippen molar-refractivity contribution in [1.82, 2.24) is 0 Å². The minimum Gasteiger partial charge on any atom is -0.482 e. The summed E-state index contributed by atoms with van der Waals surface area (Å²) in [6.07, 6.45) is 2.30. The van der Waals surface area contributed by atoms with Crippen LogP contribution in [0.4, 0.5) is 5.69 Å².